The lowest BCUT2D eigenvalue weighted by Gasteiger charge is -2.09. The van der Waals surface area contributed by atoms with Gasteiger partial charge in [0.25, 0.3) is 10.0 Å². The van der Waals surface area contributed by atoms with Crippen molar-refractivity contribution in [1.82, 2.24) is 9.55 Å². The molecule has 0 amide bonds. The van der Waals surface area contributed by atoms with Crippen molar-refractivity contribution in [2.75, 3.05) is 4.72 Å². The number of anilines is 1. The molecule has 0 aromatic carbocycles. The number of nitrogens with one attached hydrogen (secondary N) is 1. The average molecular weight is 309 g/mol. The number of hydrogen-bond acceptors (Lipinski definition) is 4. The van der Waals surface area contributed by atoms with E-state index in [2.05, 4.69) is 9.71 Å². The fourth-order valence-electron chi connectivity index (χ4n) is 1.84. The molecular weight excluding hydrogens is 294 g/mol. The summed E-state index contributed by atoms with van der Waals surface area (Å²) in [5.74, 6) is -1.17. The first-order valence-corrected chi connectivity index (χ1v) is 7.67. The summed E-state index contributed by atoms with van der Waals surface area (Å²) in [7, 11) is -3.86. The first kappa shape index (κ1) is 15.0. The summed E-state index contributed by atoms with van der Waals surface area (Å²) >= 11 is 0. The molecule has 2 aromatic heterocycles. The third-order valence-electron chi connectivity index (χ3n) is 2.82. The maximum atomic E-state index is 12.3. The Morgan fingerprint density at radius 1 is 1.43 bits per heavy atom. The van der Waals surface area contributed by atoms with Crippen molar-refractivity contribution in [3.8, 4) is 0 Å². The normalized spacial score (nSPS) is 11.6. The summed E-state index contributed by atoms with van der Waals surface area (Å²) in [5.41, 5.74) is 0.239. The van der Waals surface area contributed by atoms with Crippen molar-refractivity contribution in [3.05, 3.63) is 42.5 Å². The van der Waals surface area contributed by atoms with Crippen molar-refractivity contribution in [2.45, 2.75) is 24.8 Å². The summed E-state index contributed by atoms with van der Waals surface area (Å²) < 4.78 is 28.3. The second kappa shape index (κ2) is 5.57. The third-order valence-corrected chi connectivity index (χ3v) is 4.17. The van der Waals surface area contributed by atoms with E-state index in [9.17, 15) is 13.2 Å². The van der Waals surface area contributed by atoms with E-state index >= 15 is 0 Å². The Hall–Kier alpha value is -2.35. The molecule has 8 heteroatoms. The van der Waals surface area contributed by atoms with E-state index < -0.39 is 16.0 Å². The number of aromatic nitrogens is 2. The van der Waals surface area contributed by atoms with Gasteiger partial charge in [0, 0.05) is 18.4 Å². The molecule has 2 rings (SSSR count). The number of pyridine rings is 1. The molecule has 0 fully saturated rings. The molecule has 2 N–H and O–H groups in total. The molecule has 0 aliphatic rings. The number of nitrogens with zero attached hydrogens (tertiary/aromatic N) is 2. The molecule has 0 aliphatic carbocycles. The molecule has 0 saturated carbocycles. The van der Waals surface area contributed by atoms with E-state index in [-0.39, 0.29) is 16.6 Å². The predicted octanol–water partition coefficient (Wildman–Crippen LogP) is 1.96. The van der Waals surface area contributed by atoms with E-state index in [4.69, 9.17) is 5.11 Å². The van der Waals surface area contributed by atoms with Gasteiger partial charge in [-0.25, -0.2) is 13.2 Å². The highest BCUT2D eigenvalue weighted by Gasteiger charge is 2.22. The second-order valence-corrected chi connectivity index (χ2v) is 6.40. The van der Waals surface area contributed by atoms with Crippen LogP contribution in [0.4, 0.5) is 5.69 Å². The summed E-state index contributed by atoms with van der Waals surface area (Å²) in [4.78, 5) is 14.9. The predicted molar refractivity (Wildman–Crippen MR) is 76.8 cm³/mol. The van der Waals surface area contributed by atoms with Crippen LogP contribution in [0.1, 0.15) is 30.4 Å². The molecule has 0 unspecified atom stereocenters. The Labute approximate surface area is 122 Å². The number of sulfonamides is 1. The smallest absolute Gasteiger partial charge is 0.352 e. The van der Waals surface area contributed by atoms with Crippen molar-refractivity contribution >= 4 is 21.7 Å². The van der Waals surface area contributed by atoms with Gasteiger partial charge in [0.05, 0.1) is 11.9 Å². The maximum Gasteiger partial charge on any atom is 0.352 e. The van der Waals surface area contributed by atoms with Crippen LogP contribution >= 0.6 is 0 Å². The molecular formula is C13H15N3O4S. The number of carboxylic acids is 1. The number of rotatable bonds is 5. The minimum atomic E-state index is -3.86. The zero-order chi connectivity index (χ0) is 15.6. The lowest BCUT2D eigenvalue weighted by Crippen LogP contribution is -2.12. The van der Waals surface area contributed by atoms with Crippen LogP contribution in [-0.2, 0) is 10.0 Å². The van der Waals surface area contributed by atoms with Crippen molar-refractivity contribution in [1.29, 1.82) is 0 Å². The van der Waals surface area contributed by atoms with Gasteiger partial charge in [-0.05, 0) is 32.0 Å². The quantitative estimate of drug-likeness (QED) is 0.879. The van der Waals surface area contributed by atoms with Gasteiger partial charge in [-0.3, -0.25) is 9.71 Å². The first-order valence-electron chi connectivity index (χ1n) is 6.19. The molecule has 21 heavy (non-hydrogen) atoms. The summed E-state index contributed by atoms with van der Waals surface area (Å²) in [5, 5.41) is 9.14. The zero-order valence-electron chi connectivity index (χ0n) is 11.5. The highest BCUT2D eigenvalue weighted by molar-refractivity contribution is 7.92. The van der Waals surface area contributed by atoms with Gasteiger partial charge in [0.2, 0.25) is 0 Å². The van der Waals surface area contributed by atoms with Crippen molar-refractivity contribution in [3.63, 3.8) is 0 Å². The summed E-state index contributed by atoms with van der Waals surface area (Å²) in [6.07, 6.45) is 4.21. The molecule has 0 radical (unpaired) electrons. The van der Waals surface area contributed by atoms with Crippen LogP contribution < -0.4 is 4.72 Å². The zero-order valence-corrected chi connectivity index (χ0v) is 12.3. The fourth-order valence-corrected chi connectivity index (χ4v) is 2.90. The Morgan fingerprint density at radius 2 is 2.14 bits per heavy atom. The standard InChI is InChI=1S/C13H15N3O4S/c1-9(2)16-8-11(6-12(16)13(17)18)21(19,20)15-10-4-3-5-14-7-10/h3-9,15H,1-2H3,(H,17,18). The largest absolute Gasteiger partial charge is 0.477 e. The molecule has 0 aliphatic heterocycles. The number of aromatic carboxylic acids is 1. The number of carboxylic acid groups (broad SMARTS) is 1. The van der Waals surface area contributed by atoms with Crippen LogP contribution in [0, 0.1) is 0 Å². The van der Waals surface area contributed by atoms with E-state index in [0.717, 1.165) is 6.07 Å². The molecule has 112 valence electrons. The maximum absolute atomic E-state index is 12.3. The molecule has 0 atom stereocenters. The van der Waals surface area contributed by atoms with E-state index in [0.29, 0.717) is 5.69 Å². The van der Waals surface area contributed by atoms with E-state index in [1.807, 2.05) is 0 Å². The number of carbonyl (C=O) groups is 1. The second-order valence-electron chi connectivity index (χ2n) is 4.71. The Balaban J connectivity index is 2.41. The lowest BCUT2D eigenvalue weighted by atomic mass is 10.3. The topological polar surface area (TPSA) is 101 Å². The van der Waals surface area contributed by atoms with Crippen LogP contribution in [-0.4, -0.2) is 29.0 Å². The first-order chi connectivity index (χ1) is 9.81. The molecule has 7 nitrogen and oxygen atoms in total. The lowest BCUT2D eigenvalue weighted by molar-refractivity contribution is 0.0683. The van der Waals surface area contributed by atoms with Gasteiger partial charge < -0.3 is 9.67 Å². The molecule has 0 spiro atoms. The monoisotopic (exact) mass is 309 g/mol. The van der Waals surface area contributed by atoms with Crippen LogP contribution in [0.25, 0.3) is 0 Å². The highest BCUT2D eigenvalue weighted by Crippen LogP contribution is 2.21. The van der Waals surface area contributed by atoms with Crippen LogP contribution in [0.3, 0.4) is 0 Å². The van der Waals surface area contributed by atoms with Gasteiger partial charge in [0.15, 0.2) is 0 Å². The van der Waals surface area contributed by atoms with Gasteiger partial charge in [0.1, 0.15) is 10.6 Å². The number of hydrogen-bond donors (Lipinski definition) is 2. The minimum absolute atomic E-state index is 0.0726. The summed E-state index contributed by atoms with van der Waals surface area (Å²) in [6, 6.07) is 4.13. The van der Waals surface area contributed by atoms with Gasteiger partial charge >= 0.3 is 5.97 Å². The van der Waals surface area contributed by atoms with Gasteiger partial charge in [-0.2, -0.15) is 0 Å². The van der Waals surface area contributed by atoms with E-state index in [1.54, 1.807) is 26.0 Å². The fraction of sp³-hybridized carbons (Fsp3) is 0.231. The van der Waals surface area contributed by atoms with E-state index in [1.165, 1.54) is 23.2 Å². The molecule has 2 aromatic rings. The molecule has 2 heterocycles. The average Bonchev–Trinajstić information content (AvgIpc) is 2.85. The minimum Gasteiger partial charge on any atom is -0.477 e. The Kier molecular flexibility index (Phi) is 3.99. The Morgan fingerprint density at radius 3 is 2.62 bits per heavy atom. The molecule has 0 saturated heterocycles. The van der Waals surface area contributed by atoms with Crippen molar-refractivity contribution in [2.24, 2.45) is 0 Å². The van der Waals surface area contributed by atoms with Gasteiger partial charge in [-0.1, -0.05) is 0 Å². The van der Waals surface area contributed by atoms with Crippen LogP contribution in [0.5, 0.6) is 0 Å². The Bertz CT molecular complexity index is 751. The van der Waals surface area contributed by atoms with Crippen LogP contribution in [0.2, 0.25) is 0 Å². The third kappa shape index (κ3) is 3.22. The van der Waals surface area contributed by atoms with Crippen LogP contribution in [0.15, 0.2) is 41.7 Å². The van der Waals surface area contributed by atoms with Crippen molar-refractivity contribution < 1.29 is 18.3 Å². The SMILES string of the molecule is CC(C)n1cc(S(=O)(=O)Nc2cccnc2)cc1C(=O)O. The highest BCUT2D eigenvalue weighted by atomic mass is 32.2. The molecule has 0 bridgehead atoms. The summed E-state index contributed by atoms with van der Waals surface area (Å²) in [6.45, 7) is 3.55. The van der Waals surface area contributed by atoms with Gasteiger partial charge in [-0.15, -0.1) is 0 Å².